The molecule has 1 amide bonds. The fourth-order valence-corrected chi connectivity index (χ4v) is 3.22. The molecule has 0 N–H and O–H groups in total. The van der Waals surface area contributed by atoms with Crippen molar-refractivity contribution in [3.63, 3.8) is 0 Å². The molecule has 0 unspecified atom stereocenters. The number of carbonyl (C=O) groups is 1. The molecular formula is C11H12N2OS2. The Labute approximate surface area is 103 Å². The summed E-state index contributed by atoms with van der Waals surface area (Å²) in [5.41, 5.74) is 0. The van der Waals surface area contributed by atoms with Crippen LogP contribution >= 0.6 is 23.1 Å². The molecule has 0 aliphatic carbocycles. The normalized spacial score (nSPS) is 21.4. The zero-order valence-corrected chi connectivity index (χ0v) is 11.0. The van der Waals surface area contributed by atoms with Gasteiger partial charge in [-0.25, -0.2) is 0 Å². The van der Waals surface area contributed by atoms with Gasteiger partial charge in [0.15, 0.2) is 5.17 Å². The molecule has 0 aromatic carbocycles. The summed E-state index contributed by atoms with van der Waals surface area (Å²) < 4.78 is 0. The van der Waals surface area contributed by atoms with Crippen molar-refractivity contribution in [1.82, 2.24) is 4.90 Å². The van der Waals surface area contributed by atoms with E-state index in [4.69, 9.17) is 0 Å². The first-order chi connectivity index (χ1) is 7.61. The lowest BCUT2D eigenvalue weighted by Gasteiger charge is -2.04. The van der Waals surface area contributed by atoms with Crippen LogP contribution in [0.3, 0.4) is 0 Å². The smallest absolute Gasteiger partial charge is 0.266 e. The van der Waals surface area contributed by atoms with Gasteiger partial charge in [0.1, 0.15) is 0 Å². The number of thiophene rings is 1. The lowest BCUT2D eigenvalue weighted by molar-refractivity contribution is -0.121. The van der Waals surface area contributed by atoms with Gasteiger partial charge in [-0.3, -0.25) is 14.7 Å². The SMILES string of the molecule is CN=C1S/C(=C/c2ccc(C)s2)C(=O)N1C. The molecule has 0 bridgehead atoms. The van der Waals surface area contributed by atoms with Gasteiger partial charge in [-0.05, 0) is 36.9 Å². The molecule has 1 aliphatic rings. The molecule has 3 nitrogen and oxygen atoms in total. The maximum atomic E-state index is 11.8. The Bertz CT molecular complexity index is 488. The van der Waals surface area contributed by atoms with Crippen molar-refractivity contribution in [2.24, 2.45) is 4.99 Å². The summed E-state index contributed by atoms with van der Waals surface area (Å²) in [5.74, 6) is 0.0247. The number of hydrogen-bond donors (Lipinski definition) is 0. The molecule has 0 saturated carbocycles. The number of likely N-dealkylation sites (N-methyl/N-ethyl adjacent to an activating group) is 1. The predicted molar refractivity (Wildman–Crippen MR) is 70.8 cm³/mol. The number of amidine groups is 1. The van der Waals surface area contributed by atoms with Crippen LogP contribution in [0.15, 0.2) is 22.0 Å². The summed E-state index contributed by atoms with van der Waals surface area (Å²) >= 11 is 3.11. The van der Waals surface area contributed by atoms with Crippen LogP contribution in [0.5, 0.6) is 0 Å². The Morgan fingerprint density at radius 2 is 2.19 bits per heavy atom. The van der Waals surface area contributed by atoms with Gasteiger partial charge in [-0.15, -0.1) is 11.3 Å². The Kier molecular flexibility index (Phi) is 3.16. The summed E-state index contributed by atoms with van der Waals surface area (Å²) in [6, 6.07) is 4.08. The number of hydrogen-bond acceptors (Lipinski definition) is 4. The highest BCUT2D eigenvalue weighted by atomic mass is 32.2. The van der Waals surface area contributed by atoms with Gasteiger partial charge in [-0.1, -0.05) is 0 Å². The van der Waals surface area contributed by atoms with Crippen molar-refractivity contribution in [1.29, 1.82) is 0 Å². The van der Waals surface area contributed by atoms with Crippen molar-refractivity contribution in [3.05, 3.63) is 26.8 Å². The molecule has 1 saturated heterocycles. The molecule has 16 heavy (non-hydrogen) atoms. The average molecular weight is 252 g/mol. The van der Waals surface area contributed by atoms with Crippen LogP contribution in [0.4, 0.5) is 0 Å². The van der Waals surface area contributed by atoms with Crippen molar-refractivity contribution < 1.29 is 4.79 Å². The van der Waals surface area contributed by atoms with Crippen LogP contribution < -0.4 is 0 Å². The van der Waals surface area contributed by atoms with Gasteiger partial charge in [-0.2, -0.15) is 0 Å². The fraction of sp³-hybridized carbons (Fsp3) is 0.273. The lowest BCUT2D eigenvalue weighted by Crippen LogP contribution is -2.23. The lowest BCUT2D eigenvalue weighted by atomic mass is 10.4. The van der Waals surface area contributed by atoms with Crippen LogP contribution in [-0.4, -0.2) is 30.1 Å². The van der Waals surface area contributed by atoms with Gasteiger partial charge in [0.25, 0.3) is 5.91 Å². The van der Waals surface area contributed by atoms with E-state index >= 15 is 0 Å². The third-order valence-electron chi connectivity index (χ3n) is 2.23. The zero-order chi connectivity index (χ0) is 11.7. The minimum atomic E-state index is 0.0247. The monoisotopic (exact) mass is 252 g/mol. The van der Waals surface area contributed by atoms with Crippen molar-refractivity contribution in [2.45, 2.75) is 6.92 Å². The van der Waals surface area contributed by atoms with Gasteiger partial charge in [0.05, 0.1) is 4.91 Å². The fourth-order valence-electron chi connectivity index (χ4n) is 1.41. The standard InChI is InChI=1S/C11H12N2OS2/c1-7-4-5-8(15-7)6-9-10(14)13(3)11(12-2)16-9/h4-6H,1-3H3/b9-6+,12-11?. The Balaban J connectivity index is 2.30. The van der Waals surface area contributed by atoms with Crippen molar-refractivity contribution in [2.75, 3.05) is 14.1 Å². The number of rotatable bonds is 1. The first-order valence-corrected chi connectivity index (χ1v) is 6.46. The molecule has 0 spiro atoms. The Morgan fingerprint density at radius 1 is 1.44 bits per heavy atom. The molecule has 0 atom stereocenters. The average Bonchev–Trinajstić information content (AvgIpc) is 2.78. The van der Waals surface area contributed by atoms with E-state index in [0.717, 1.165) is 14.9 Å². The quantitative estimate of drug-likeness (QED) is 0.720. The zero-order valence-electron chi connectivity index (χ0n) is 9.35. The highest BCUT2D eigenvalue weighted by molar-refractivity contribution is 8.18. The summed E-state index contributed by atoms with van der Waals surface area (Å²) in [6.45, 7) is 2.06. The summed E-state index contributed by atoms with van der Waals surface area (Å²) in [4.78, 5) is 20.6. The topological polar surface area (TPSA) is 32.7 Å². The predicted octanol–water partition coefficient (Wildman–Crippen LogP) is 2.59. The first kappa shape index (κ1) is 11.4. The van der Waals surface area contributed by atoms with Crippen LogP contribution in [0, 0.1) is 6.92 Å². The highest BCUT2D eigenvalue weighted by Gasteiger charge is 2.29. The minimum absolute atomic E-state index is 0.0247. The van der Waals surface area contributed by atoms with E-state index in [1.807, 2.05) is 12.1 Å². The van der Waals surface area contributed by atoms with E-state index in [0.29, 0.717) is 0 Å². The van der Waals surface area contributed by atoms with E-state index < -0.39 is 0 Å². The molecule has 2 rings (SSSR count). The number of nitrogens with zero attached hydrogens (tertiary/aromatic N) is 2. The van der Waals surface area contributed by atoms with Crippen molar-refractivity contribution >= 4 is 40.2 Å². The molecule has 1 aliphatic heterocycles. The summed E-state index contributed by atoms with van der Waals surface area (Å²) in [5, 5.41) is 0.754. The molecular weight excluding hydrogens is 240 g/mol. The van der Waals surface area contributed by atoms with Gasteiger partial charge in [0.2, 0.25) is 0 Å². The maximum Gasteiger partial charge on any atom is 0.266 e. The molecule has 1 fully saturated rings. The number of aliphatic imine (C=N–C) groups is 1. The third kappa shape index (κ3) is 2.05. The summed E-state index contributed by atoms with van der Waals surface area (Å²) in [7, 11) is 3.45. The second-order valence-corrected chi connectivity index (χ2v) is 5.76. The van der Waals surface area contributed by atoms with E-state index in [1.165, 1.54) is 16.6 Å². The van der Waals surface area contributed by atoms with Crippen LogP contribution in [-0.2, 0) is 4.79 Å². The second-order valence-electron chi connectivity index (χ2n) is 3.43. The Hall–Kier alpha value is -1.07. The highest BCUT2D eigenvalue weighted by Crippen LogP contribution is 2.32. The minimum Gasteiger partial charge on any atom is -0.290 e. The second kappa shape index (κ2) is 4.43. The van der Waals surface area contributed by atoms with Gasteiger partial charge < -0.3 is 0 Å². The van der Waals surface area contributed by atoms with Gasteiger partial charge in [0, 0.05) is 23.8 Å². The van der Waals surface area contributed by atoms with E-state index in [1.54, 1.807) is 30.3 Å². The summed E-state index contributed by atoms with van der Waals surface area (Å²) in [6.07, 6.45) is 1.93. The van der Waals surface area contributed by atoms with E-state index in [2.05, 4.69) is 18.0 Å². The largest absolute Gasteiger partial charge is 0.290 e. The van der Waals surface area contributed by atoms with Gasteiger partial charge >= 0.3 is 0 Å². The third-order valence-corrected chi connectivity index (χ3v) is 4.33. The van der Waals surface area contributed by atoms with Crippen molar-refractivity contribution in [3.8, 4) is 0 Å². The van der Waals surface area contributed by atoms with Crippen LogP contribution in [0.25, 0.3) is 6.08 Å². The molecule has 0 radical (unpaired) electrons. The number of amides is 1. The number of carbonyl (C=O) groups excluding carboxylic acids is 1. The first-order valence-electron chi connectivity index (χ1n) is 4.82. The van der Waals surface area contributed by atoms with Crippen LogP contribution in [0.2, 0.25) is 0 Å². The van der Waals surface area contributed by atoms with E-state index in [9.17, 15) is 4.79 Å². The molecule has 84 valence electrons. The maximum absolute atomic E-state index is 11.8. The van der Waals surface area contributed by atoms with Crippen LogP contribution in [0.1, 0.15) is 9.75 Å². The molecule has 1 aromatic rings. The Morgan fingerprint density at radius 3 is 2.69 bits per heavy atom. The number of thioether (sulfide) groups is 1. The molecule has 1 aromatic heterocycles. The van der Waals surface area contributed by atoms with E-state index in [-0.39, 0.29) is 5.91 Å². The number of aryl methyl sites for hydroxylation is 1. The molecule has 5 heteroatoms. The molecule has 2 heterocycles.